The molecule has 4 heteroatoms. The predicted molar refractivity (Wildman–Crippen MR) is 111 cm³/mol. The van der Waals surface area contributed by atoms with Gasteiger partial charge >= 0.3 is 11.9 Å². The summed E-state index contributed by atoms with van der Waals surface area (Å²) >= 11 is 0. The molecule has 0 spiro atoms. The van der Waals surface area contributed by atoms with Gasteiger partial charge in [0.25, 0.3) is 0 Å². The highest BCUT2D eigenvalue weighted by atomic mass is 16.5. The molecule has 0 saturated heterocycles. The summed E-state index contributed by atoms with van der Waals surface area (Å²) in [5.41, 5.74) is 1.70. The van der Waals surface area contributed by atoms with E-state index in [1.54, 1.807) is 24.3 Å². The van der Waals surface area contributed by atoms with Crippen molar-refractivity contribution >= 4 is 11.9 Å². The molecular weight excluding hydrogens is 352 g/mol. The minimum absolute atomic E-state index is 0.337. The fourth-order valence-electron chi connectivity index (χ4n) is 2.97. The van der Waals surface area contributed by atoms with Gasteiger partial charge in [-0.25, -0.2) is 9.59 Å². The van der Waals surface area contributed by atoms with Crippen molar-refractivity contribution in [2.24, 2.45) is 0 Å². The first-order valence-corrected chi connectivity index (χ1v) is 10.2. The maximum atomic E-state index is 12.5. The third-order valence-corrected chi connectivity index (χ3v) is 4.51. The van der Waals surface area contributed by atoms with Gasteiger partial charge in [-0.05, 0) is 42.7 Å². The van der Waals surface area contributed by atoms with Crippen LogP contribution in [0.2, 0.25) is 0 Å². The molecule has 28 heavy (non-hydrogen) atoms. The Bertz CT molecular complexity index is 767. The fraction of sp³-hybridized carbons (Fsp3) is 0.417. The molecule has 0 aliphatic rings. The van der Waals surface area contributed by atoms with Crippen LogP contribution in [0.3, 0.4) is 0 Å². The van der Waals surface area contributed by atoms with Crippen molar-refractivity contribution in [3.8, 4) is 5.75 Å². The lowest BCUT2D eigenvalue weighted by Crippen LogP contribution is -2.12. The SMILES string of the molecule is CCCCCCCOC(=O)c1cccc(C(=O)Oc2ccccc2CCC)c1. The number of aryl methyl sites for hydroxylation is 1. The smallest absolute Gasteiger partial charge is 0.343 e. The van der Waals surface area contributed by atoms with Crippen molar-refractivity contribution in [1.29, 1.82) is 0 Å². The minimum Gasteiger partial charge on any atom is -0.462 e. The fourth-order valence-corrected chi connectivity index (χ4v) is 2.97. The van der Waals surface area contributed by atoms with Crippen LogP contribution >= 0.6 is 0 Å². The Morgan fingerprint density at radius 3 is 2.25 bits per heavy atom. The molecule has 2 aromatic rings. The van der Waals surface area contributed by atoms with Crippen molar-refractivity contribution < 1.29 is 19.1 Å². The Morgan fingerprint density at radius 1 is 0.786 bits per heavy atom. The van der Waals surface area contributed by atoms with Gasteiger partial charge in [-0.1, -0.05) is 70.2 Å². The van der Waals surface area contributed by atoms with Crippen LogP contribution in [0.1, 0.15) is 78.7 Å². The van der Waals surface area contributed by atoms with Crippen molar-refractivity contribution in [1.82, 2.24) is 0 Å². The van der Waals surface area contributed by atoms with Gasteiger partial charge in [-0.3, -0.25) is 0 Å². The topological polar surface area (TPSA) is 52.6 Å². The standard InChI is InChI=1S/C24H30O4/c1-3-5-6-7-10-17-27-23(25)20-14-11-15-21(18-20)24(26)28-22-16-9-8-13-19(22)12-4-2/h8-9,11,13-16,18H,3-7,10,12,17H2,1-2H3. The normalized spacial score (nSPS) is 10.5. The summed E-state index contributed by atoms with van der Waals surface area (Å²) in [6, 6.07) is 14.0. The van der Waals surface area contributed by atoms with E-state index >= 15 is 0 Å². The minimum atomic E-state index is -0.474. The molecule has 0 bridgehead atoms. The van der Waals surface area contributed by atoms with Gasteiger partial charge < -0.3 is 9.47 Å². The quantitative estimate of drug-likeness (QED) is 0.272. The van der Waals surface area contributed by atoms with E-state index in [4.69, 9.17) is 9.47 Å². The summed E-state index contributed by atoms with van der Waals surface area (Å²) < 4.78 is 10.9. The average Bonchev–Trinajstić information content (AvgIpc) is 2.72. The van der Waals surface area contributed by atoms with Crippen LogP contribution in [0.25, 0.3) is 0 Å². The Hall–Kier alpha value is -2.62. The lowest BCUT2D eigenvalue weighted by atomic mass is 10.1. The molecule has 0 saturated carbocycles. The van der Waals surface area contributed by atoms with Gasteiger partial charge in [0, 0.05) is 0 Å². The highest BCUT2D eigenvalue weighted by Gasteiger charge is 2.14. The number of carbonyl (C=O) groups excluding carboxylic acids is 2. The molecule has 4 nitrogen and oxygen atoms in total. The van der Waals surface area contributed by atoms with E-state index < -0.39 is 11.9 Å². The molecule has 0 aliphatic heterocycles. The lowest BCUT2D eigenvalue weighted by Gasteiger charge is -2.10. The largest absolute Gasteiger partial charge is 0.462 e. The van der Waals surface area contributed by atoms with E-state index in [9.17, 15) is 9.59 Å². The van der Waals surface area contributed by atoms with Crippen LogP contribution < -0.4 is 4.74 Å². The maximum absolute atomic E-state index is 12.5. The van der Waals surface area contributed by atoms with Gasteiger partial charge in [0.05, 0.1) is 17.7 Å². The monoisotopic (exact) mass is 382 g/mol. The predicted octanol–water partition coefficient (Wildman–Crippen LogP) is 5.99. The molecule has 2 aromatic carbocycles. The van der Waals surface area contributed by atoms with Crippen molar-refractivity contribution in [3.05, 3.63) is 65.2 Å². The summed E-state index contributed by atoms with van der Waals surface area (Å²) in [7, 11) is 0. The highest BCUT2D eigenvalue weighted by Crippen LogP contribution is 2.21. The molecule has 0 N–H and O–H groups in total. The van der Waals surface area contributed by atoms with Gasteiger partial charge in [0.1, 0.15) is 5.75 Å². The third kappa shape index (κ3) is 6.84. The number of hydrogen-bond donors (Lipinski definition) is 0. The number of esters is 2. The zero-order valence-electron chi connectivity index (χ0n) is 16.9. The van der Waals surface area contributed by atoms with Crippen molar-refractivity contribution in [3.63, 3.8) is 0 Å². The van der Waals surface area contributed by atoms with Gasteiger partial charge in [0.2, 0.25) is 0 Å². The zero-order valence-corrected chi connectivity index (χ0v) is 16.9. The Morgan fingerprint density at radius 2 is 1.50 bits per heavy atom. The van der Waals surface area contributed by atoms with E-state index in [0.29, 0.717) is 23.5 Å². The molecular formula is C24H30O4. The molecule has 0 aromatic heterocycles. The first-order valence-electron chi connectivity index (χ1n) is 10.2. The molecule has 2 rings (SSSR count). The van der Waals surface area contributed by atoms with Gasteiger partial charge in [-0.15, -0.1) is 0 Å². The molecule has 0 aliphatic carbocycles. The summed E-state index contributed by atoms with van der Waals surface area (Å²) in [6.45, 7) is 4.65. The summed E-state index contributed by atoms with van der Waals surface area (Å²) in [6.07, 6.45) is 7.29. The van der Waals surface area contributed by atoms with Gasteiger partial charge in [0.15, 0.2) is 0 Å². The van der Waals surface area contributed by atoms with Crippen LogP contribution in [0.4, 0.5) is 0 Å². The molecule has 0 unspecified atom stereocenters. The van der Waals surface area contributed by atoms with E-state index in [2.05, 4.69) is 13.8 Å². The molecule has 0 fully saturated rings. The van der Waals surface area contributed by atoms with Crippen LogP contribution in [0.5, 0.6) is 5.75 Å². The number of unbranched alkanes of at least 4 members (excludes halogenated alkanes) is 4. The number of carbonyl (C=O) groups is 2. The first kappa shape index (κ1) is 21.7. The van der Waals surface area contributed by atoms with Crippen molar-refractivity contribution in [2.45, 2.75) is 58.8 Å². The Balaban J connectivity index is 1.94. The van der Waals surface area contributed by atoms with Gasteiger partial charge in [-0.2, -0.15) is 0 Å². The summed E-state index contributed by atoms with van der Waals surface area (Å²) in [5.74, 6) is -0.316. The average molecular weight is 383 g/mol. The second-order valence-electron chi connectivity index (χ2n) is 6.88. The molecule has 0 radical (unpaired) electrons. The summed E-state index contributed by atoms with van der Waals surface area (Å²) in [4.78, 5) is 24.8. The second kappa shape index (κ2) is 12.0. The number of para-hydroxylation sites is 1. The van der Waals surface area contributed by atoms with E-state index in [0.717, 1.165) is 37.7 Å². The first-order chi connectivity index (χ1) is 13.7. The highest BCUT2D eigenvalue weighted by molar-refractivity contribution is 5.96. The van der Waals surface area contributed by atoms with Crippen LogP contribution in [-0.2, 0) is 11.2 Å². The van der Waals surface area contributed by atoms with E-state index in [-0.39, 0.29) is 0 Å². The lowest BCUT2D eigenvalue weighted by molar-refractivity contribution is 0.0497. The molecule has 0 amide bonds. The number of hydrogen-bond acceptors (Lipinski definition) is 4. The molecule has 0 atom stereocenters. The van der Waals surface area contributed by atoms with Crippen LogP contribution in [0, 0.1) is 0 Å². The molecule has 0 heterocycles. The number of ether oxygens (including phenoxy) is 2. The number of rotatable bonds is 11. The Labute approximate surface area is 167 Å². The Kier molecular flexibility index (Phi) is 9.26. The van der Waals surface area contributed by atoms with Crippen LogP contribution in [0.15, 0.2) is 48.5 Å². The third-order valence-electron chi connectivity index (χ3n) is 4.51. The summed E-state index contributed by atoms with van der Waals surface area (Å²) in [5, 5.41) is 0. The zero-order chi connectivity index (χ0) is 20.2. The number of benzene rings is 2. The maximum Gasteiger partial charge on any atom is 0.343 e. The second-order valence-corrected chi connectivity index (χ2v) is 6.88. The van der Waals surface area contributed by atoms with E-state index in [1.165, 1.54) is 18.9 Å². The molecule has 150 valence electrons. The van der Waals surface area contributed by atoms with Crippen molar-refractivity contribution in [2.75, 3.05) is 6.61 Å². The van der Waals surface area contributed by atoms with E-state index in [1.807, 2.05) is 18.2 Å². The van der Waals surface area contributed by atoms with Crippen LogP contribution in [-0.4, -0.2) is 18.5 Å².